The summed E-state index contributed by atoms with van der Waals surface area (Å²) >= 11 is 0. The van der Waals surface area contributed by atoms with Crippen molar-refractivity contribution in [3.8, 4) is 0 Å². The molecule has 0 aromatic heterocycles. The van der Waals surface area contributed by atoms with Crippen LogP contribution in [0.4, 0.5) is 0 Å². The molecule has 0 bridgehead atoms. The zero-order chi connectivity index (χ0) is 17.4. The summed E-state index contributed by atoms with van der Waals surface area (Å²) in [4.78, 5) is 17.5. The molecule has 0 aromatic carbocycles. The third-order valence-electron chi connectivity index (χ3n) is 8.24. The fraction of sp³-hybridized carbons (Fsp3) is 0.950. The largest absolute Gasteiger partial charge is 0.462 e. The van der Waals surface area contributed by atoms with Gasteiger partial charge in [-0.3, -0.25) is 9.69 Å². The van der Waals surface area contributed by atoms with E-state index in [9.17, 15) is 4.79 Å². The molecular formula is C20H32N2O3. The number of epoxide rings is 1. The van der Waals surface area contributed by atoms with Crippen molar-refractivity contribution in [3.05, 3.63) is 0 Å². The van der Waals surface area contributed by atoms with Gasteiger partial charge >= 0.3 is 5.97 Å². The molecule has 2 saturated carbocycles. The van der Waals surface area contributed by atoms with Crippen molar-refractivity contribution in [1.82, 2.24) is 9.80 Å². The molecular weight excluding hydrogens is 316 g/mol. The molecule has 5 heteroatoms. The number of piperazine rings is 1. The highest BCUT2D eigenvalue weighted by molar-refractivity contribution is 5.76. The lowest BCUT2D eigenvalue weighted by molar-refractivity contribution is -0.146. The molecule has 3 saturated heterocycles. The van der Waals surface area contributed by atoms with E-state index in [4.69, 9.17) is 9.47 Å². The molecule has 5 rings (SSSR count). The maximum Gasteiger partial charge on any atom is 0.311 e. The molecule has 3 aliphatic heterocycles. The Morgan fingerprint density at radius 1 is 1.24 bits per heavy atom. The monoisotopic (exact) mass is 348 g/mol. The van der Waals surface area contributed by atoms with Gasteiger partial charge in [-0.05, 0) is 32.2 Å². The molecule has 0 amide bonds. The molecule has 0 unspecified atom stereocenters. The number of likely N-dealkylation sites (N-methyl/N-ethyl adjacent to an activating group) is 1. The van der Waals surface area contributed by atoms with Gasteiger partial charge in [-0.1, -0.05) is 20.3 Å². The lowest BCUT2D eigenvalue weighted by atomic mass is 9.53. The van der Waals surface area contributed by atoms with Crippen LogP contribution in [0.2, 0.25) is 0 Å². The van der Waals surface area contributed by atoms with Crippen molar-refractivity contribution >= 4 is 5.97 Å². The van der Waals surface area contributed by atoms with Gasteiger partial charge in [0.25, 0.3) is 0 Å². The Morgan fingerprint density at radius 3 is 2.76 bits per heavy atom. The second-order valence-electron chi connectivity index (χ2n) is 9.65. The van der Waals surface area contributed by atoms with Crippen molar-refractivity contribution in [1.29, 1.82) is 0 Å². The average molecular weight is 348 g/mol. The van der Waals surface area contributed by atoms with Crippen LogP contribution in [0.5, 0.6) is 0 Å². The normalized spacial score (nSPS) is 52.9. The van der Waals surface area contributed by atoms with E-state index >= 15 is 0 Å². The van der Waals surface area contributed by atoms with E-state index in [1.165, 1.54) is 19.3 Å². The summed E-state index contributed by atoms with van der Waals surface area (Å²) in [7, 11) is 2.17. The SMILES string of the molecule is C[C@H]1CCC[C@]2(C)C[C@H]3OC(=O)[C@@H](CN4CCN(C)CC4)[C@H]3[C@@H]3O[C@@]132. The first-order chi connectivity index (χ1) is 11.9. The number of fused-ring (bicyclic) bond motifs is 2. The average Bonchev–Trinajstić information content (AvgIpc) is 3.25. The summed E-state index contributed by atoms with van der Waals surface area (Å²) in [6, 6.07) is 0. The minimum absolute atomic E-state index is 0.0106. The van der Waals surface area contributed by atoms with E-state index in [1.54, 1.807) is 0 Å². The van der Waals surface area contributed by atoms with Crippen LogP contribution in [0.3, 0.4) is 0 Å². The number of carbonyl (C=O) groups is 1. The zero-order valence-corrected chi connectivity index (χ0v) is 15.9. The Kier molecular flexibility index (Phi) is 3.59. The van der Waals surface area contributed by atoms with Crippen LogP contribution in [0.25, 0.3) is 0 Å². The van der Waals surface area contributed by atoms with E-state index in [1.807, 2.05) is 0 Å². The second-order valence-corrected chi connectivity index (χ2v) is 9.65. The zero-order valence-electron chi connectivity index (χ0n) is 15.9. The minimum atomic E-state index is 0.0106. The number of esters is 1. The first-order valence-corrected chi connectivity index (χ1v) is 10.2. The van der Waals surface area contributed by atoms with Gasteiger partial charge in [0.15, 0.2) is 0 Å². The Morgan fingerprint density at radius 2 is 2.00 bits per heavy atom. The number of carbonyl (C=O) groups excluding carboxylic acids is 1. The van der Waals surface area contributed by atoms with Crippen LogP contribution >= 0.6 is 0 Å². The van der Waals surface area contributed by atoms with Gasteiger partial charge in [-0.2, -0.15) is 0 Å². The molecule has 5 fully saturated rings. The van der Waals surface area contributed by atoms with Crippen molar-refractivity contribution in [2.45, 2.75) is 57.3 Å². The van der Waals surface area contributed by atoms with Gasteiger partial charge in [-0.25, -0.2) is 0 Å². The van der Waals surface area contributed by atoms with E-state index in [0.29, 0.717) is 5.92 Å². The smallest absolute Gasteiger partial charge is 0.311 e. The number of ether oxygens (including phenoxy) is 2. The van der Waals surface area contributed by atoms with Gasteiger partial charge in [0.1, 0.15) is 11.7 Å². The van der Waals surface area contributed by atoms with Crippen molar-refractivity contribution in [2.24, 2.45) is 23.2 Å². The number of hydrogen-bond donors (Lipinski definition) is 0. The van der Waals surface area contributed by atoms with Gasteiger partial charge in [0.2, 0.25) is 0 Å². The van der Waals surface area contributed by atoms with Gasteiger partial charge in [0.05, 0.1) is 12.0 Å². The van der Waals surface area contributed by atoms with Crippen molar-refractivity contribution < 1.29 is 14.3 Å². The van der Waals surface area contributed by atoms with Crippen LogP contribution in [-0.4, -0.2) is 73.3 Å². The summed E-state index contributed by atoms with van der Waals surface area (Å²) in [6.07, 6.45) is 5.10. The molecule has 25 heavy (non-hydrogen) atoms. The second kappa shape index (κ2) is 5.43. The summed E-state index contributed by atoms with van der Waals surface area (Å²) < 4.78 is 12.5. The van der Waals surface area contributed by atoms with Crippen molar-refractivity contribution in [2.75, 3.05) is 39.8 Å². The maximum atomic E-state index is 12.7. The van der Waals surface area contributed by atoms with E-state index < -0.39 is 0 Å². The highest BCUT2D eigenvalue weighted by atomic mass is 16.6. The molecule has 0 aromatic rings. The summed E-state index contributed by atoms with van der Waals surface area (Å²) in [6.45, 7) is 9.91. The molecule has 0 N–H and O–H groups in total. The fourth-order valence-electron chi connectivity index (χ4n) is 6.75. The number of rotatable bonds is 2. The molecule has 5 aliphatic rings. The van der Waals surface area contributed by atoms with Crippen LogP contribution < -0.4 is 0 Å². The molecule has 5 nitrogen and oxygen atoms in total. The number of hydrogen-bond acceptors (Lipinski definition) is 5. The van der Waals surface area contributed by atoms with Crippen molar-refractivity contribution in [3.63, 3.8) is 0 Å². The third-order valence-corrected chi connectivity index (χ3v) is 8.24. The summed E-state index contributed by atoms with van der Waals surface area (Å²) in [5, 5.41) is 0. The lowest BCUT2D eigenvalue weighted by Crippen LogP contribution is -2.55. The minimum Gasteiger partial charge on any atom is -0.462 e. The van der Waals surface area contributed by atoms with Crippen LogP contribution in [0.15, 0.2) is 0 Å². The standard InChI is InChI=1S/C20H32N2O3/c1-13-5-4-6-19(2)11-15-16(17-20(13,19)25-17)14(18(23)24-15)12-22-9-7-21(3)8-10-22/h13-17H,4-12H2,1-3H3/t13-,14-,15+,16+,17-,19+,20-/m0/s1. The molecule has 140 valence electrons. The molecule has 0 radical (unpaired) electrons. The van der Waals surface area contributed by atoms with Gasteiger partial charge in [-0.15, -0.1) is 0 Å². The highest BCUT2D eigenvalue weighted by Crippen LogP contribution is 2.70. The lowest BCUT2D eigenvalue weighted by Gasteiger charge is -2.49. The molecule has 3 heterocycles. The van der Waals surface area contributed by atoms with Crippen LogP contribution in [-0.2, 0) is 14.3 Å². The topological polar surface area (TPSA) is 45.3 Å². The summed E-state index contributed by atoms with van der Waals surface area (Å²) in [5.74, 6) is 0.934. The first-order valence-electron chi connectivity index (χ1n) is 10.2. The van der Waals surface area contributed by atoms with Crippen LogP contribution in [0, 0.1) is 23.2 Å². The first kappa shape index (κ1) is 16.5. The van der Waals surface area contributed by atoms with Gasteiger partial charge in [0, 0.05) is 44.1 Å². The third kappa shape index (κ3) is 2.21. The molecule has 2 aliphatic carbocycles. The number of nitrogens with zero attached hydrogens (tertiary/aromatic N) is 2. The maximum absolute atomic E-state index is 12.7. The highest BCUT2D eigenvalue weighted by Gasteiger charge is 2.78. The van der Waals surface area contributed by atoms with E-state index in [-0.39, 0.29) is 41.0 Å². The quantitative estimate of drug-likeness (QED) is 0.562. The van der Waals surface area contributed by atoms with E-state index in [2.05, 4.69) is 30.7 Å². The Balaban J connectivity index is 1.37. The van der Waals surface area contributed by atoms with E-state index in [0.717, 1.165) is 39.1 Å². The predicted octanol–water partition coefficient (Wildman–Crippen LogP) is 1.76. The van der Waals surface area contributed by atoms with Crippen LogP contribution in [0.1, 0.15) is 39.5 Å². The predicted molar refractivity (Wildman–Crippen MR) is 94.1 cm³/mol. The molecule has 1 spiro atoms. The Labute approximate surface area is 151 Å². The fourth-order valence-corrected chi connectivity index (χ4v) is 6.75. The van der Waals surface area contributed by atoms with Gasteiger partial charge < -0.3 is 14.4 Å². The Bertz CT molecular complexity index is 575. The molecule has 7 atom stereocenters. The Hall–Kier alpha value is -0.650. The summed E-state index contributed by atoms with van der Waals surface area (Å²) in [5.41, 5.74) is 0.222.